The third-order valence-electron chi connectivity index (χ3n) is 3.05. The van der Waals surface area contributed by atoms with Crippen molar-refractivity contribution in [1.82, 2.24) is 4.98 Å². The molecular formula is C15H12FN3O3S2. The zero-order valence-corrected chi connectivity index (χ0v) is 14.0. The SMILES string of the molecule is CS(=O)(=O)c1nc2ccc(NC(=O)Nc3ccc(F)cc3)cc2s1. The van der Waals surface area contributed by atoms with Gasteiger partial charge in [0.15, 0.2) is 0 Å². The van der Waals surface area contributed by atoms with E-state index in [4.69, 9.17) is 0 Å². The minimum Gasteiger partial charge on any atom is -0.308 e. The number of benzene rings is 2. The van der Waals surface area contributed by atoms with Gasteiger partial charge < -0.3 is 10.6 Å². The third kappa shape index (κ3) is 3.69. The van der Waals surface area contributed by atoms with Gasteiger partial charge in [0.25, 0.3) is 0 Å². The molecule has 2 amide bonds. The first kappa shape index (κ1) is 16.3. The van der Waals surface area contributed by atoms with Gasteiger partial charge in [-0.25, -0.2) is 22.6 Å². The lowest BCUT2D eigenvalue weighted by Crippen LogP contribution is -2.19. The summed E-state index contributed by atoms with van der Waals surface area (Å²) in [5, 5.41) is 5.20. The van der Waals surface area contributed by atoms with Crippen molar-refractivity contribution >= 4 is 48.8 Å². The van der Waals surface area contributed by atoms with Crippen LogP contribution >= 0.6 is 11.3 Å². The zero-order valence-electron chi connectivity index (χ0n) is 12.4. The molecule has 124 valence electrons. The molecule has 1 aromatic heterocycles. The summed E-state index contributed by atoms with van der Waals surface area (Å²) < 4.78 is 36.6. The van der Waals surface area contributed by atoms with Gasteiger partial charge in [0, 0.05) is 17.6 Å². The summed E-state index contributed by atoms with van der Waals surface area (Å²) in [5.74, 6) is -0.390. The van der Waals surface area contributed by atoms with Crippen molar-refractivity contribution in [1.29, 1.82) is 0 Å². The molecule has 0 bridgehead atoms. The number of carbonyl (C=O) groups is 1. The van der Waals surface area contributed by atoms with Crippen molar-refractivity contribution in [3.8, 4) is 0 Å². The largest absolute Gasteiger partial charge is 0.323 e. The monoisotopic (exact) mass is 365 g/mol. The number of anilines is 2. The van der Waals surface area contributed by atoms with E-state index < -0.39 is 21.7 Å². The molecule has 0 radical (unpaired) electrons. The molecule has 3 rings (SSSR count). The van der Waals surface area contributed by atoms with Crippen molar-refractivity contribution in [3.05, 3.63) is 48.3 Å². The highest BCUT2D eigenvalue weighted by atomic mass is 32.2. The second-order valence-electron chi connectivity index (χ2n) is 5.02. The molecule has 9 heteroatoms. The molecule has 0 saturated heterocycles. The molecule has 0 aliphatic heterocycles. The highest BCUT2D eigenvalue weighted by Crippen LogP contribution is 2.27. The second kappa shape index (κ2) is 6.17. The first-order valence-corrected chi connectivity index (χ1v) is 9.46. The number of sulfone groups is 1. The topological polar surface area (TPSA) is 88.2 Å². The fourth-order valence-corrected chi connectivity index (χ4v) is 3.84. The molecule has 0 atom stereocenters. The normalized spacial score (nSPS) is 11.4. The van der Waals surface area contributed by atoms with Crippen molar-refractivity contribution in [2.45, 2.75) is 4.34 Å². The third-order valence-corrected chi connectivity index (χ3v) is 5.74. The maximum Gasteiger partial charge on any atom is 0.323 e. The molecular weight excluding hydrogens is 353 g/mol. The lowest BCUT2D eigenvalue weighted by atomic mass is 10.3. The van der Waals surface area contributed by atoms with Crippen LogP contribution in [0.4, 0.5) is 20.6 Å². The minimum absolute atomic E-state index is 0.0328. The van der Waals surface area contributed by atoms with Crippen molar-refractivity contribution in [3.63, 3.8) is 0 Å². The van der Waals surface area contributed by atoms with Crippen LogP contribution in [0.2, 0.25) is 0 Å². The molecule has 2 N–H and O–H groups in total. The molecule has 0 saturated carbocycles. The number of nitrogens with zero attached hydrogens (tertiary/aromatic N) is 1. The maximum atomic E-state index is 12.8. The van der Waals surface area contributed by atoms with Crippen LogP contribution in [0, 0.1) is 5.82 Å². The van der Waals surface area contributed by atoms with Crippen LogP contribution in [0.1, 0.15) is 0 Å². The number of amides is 2. The number of thiazole rings is 1. The summed E-state index contributed by atoms with van der Waals surface area (Å²) in [6.45, 7) is 0. The number of carbonyl (C=O) groups excluding carboxylic acids is 1. The Morgan fingerprint density at radius 1 is 1.08 bits per heavy atom. The molecule has 6 nitrogen and oxygen atoms in total. The molecule has 0 aliphatic carbocycles. The molecule has 2 aromatic carbocycles. The fourth-order valence-electron chi connectivity index (χ4n) is 1.97. The Morgan fingerprint density at radius 2 is 1.71 bits per heavy atom. The van der Waals surface area contributed by atoms with Crippen LogP contribution in [0.15, 0.2) is 46.8 Å². The maximum absolute atomic E-state index is 12.8. The van der Waals surface area contributed by atoms with Gasteiger partial charge in [-0.2, -0.15) is 0 Å². The van der Waals surface area contributed by atoms with Gasteiger partial charge >= 0.3 is 6.03 Å². The second-order valence-corrected chi connectivity index (χ2v) is 8.24. The number of urea groups is 1. The molecule has 3 aromatic rings. The first-order chi connectivity index (χ1) is 11.3. The Hall–Kier alpha value is -2.52. The van der Waals surface area contributed by atoms with Crippen LogP contribution in [0.3, 0.4) is 0 Å². The van der Waals surface area contributed by atoms with Gasteiger partial charge in [0.1, 0.15) is 5.82 Å². The highest BCUT2D eigenvalue weighted by molar-refractivity contribution is 7.92. The number of hydrogen-bond donors (Lipinski definition) is 2. The van der Waals surface area contributed by atoms with E-state index >= 15 is 0 Å². The molecule has 0 fully saturated rings. The van der Waals surface area contributed by atoms with E-state index in [1.807, 2.05) is 0 Å². The average molecular weight is 365 g/mol. The Labute approximate surface area is 141 Å². The molecule has 0 unspecified atom stereocenters. The average Bonchev–Trinajstić information content (AvgIpc) is 2.93. The van der Waals surface area contributed by atoms with Crippen molar-refractivity contribution in [2.24, 2.45) is 0 Å². The molecule has 24 heavy (non-hydrogen) atoms. The number of hydrogen-bond acceptors (Lipinski definition) is 5. The number of aromatic nitrogens is 1. The lowest BCUT2D eigenvalue weighted by molar-refractivity contribution is 0.262. The quantitative estimate of drug-likeness (QED) is 0.744. The van der Waals surface area contributed by atoms with Gasteiger partial charge in [-0.05, 0) is 42.5 Å². The van der Waals surface area contributed by atoms with E-state index in [-0.39, 0.29) is 4.34 Å². The van der Waals surface area contributed by atoms with E-state index in [2.05, 4.69) is 15.6 Å². The summed E-state index contributed by atoms with van der Waals surface area (Å²) in [7, 11) is -3.37. The number of rotatable bonds is 3. The van der Waals surface area contributed by atoms with E-state index in [0.717, 1.165) is 17.6 Å². The Balaban J connectivity index is 1.77. The number of fused-ring (bicyclic) bond motifs is 1. The summed E-state index contributed by atoms with van der Waals surface area (Å²) in [6.07, 6.45) is 1.10. The van der Waals surface area contributed by atoms with Crippen LogP contribution < -0.4 is 10.6 Å². The van der Waals surface area contributed by atoms with E-state index in [1.54, 1.807) is 18.2 Å². The zero-order chi connectivity index (χ0) is 17.3. The standard InChI is InChI=1S/C15H12FN3O3S2/c1-24(21,22)15-19-12-7-6-11(8-13(12)23-15)18-14(20)17-10-4-2-9(16)3-5-10/h2-8H,1H3,(H2,17,18,20). The smallest absolute Gasteiger partial charge is 0.308 e. The van der Waals surface area contributed by atoms with Gasteiger partial charge in [-0.1, -0.05) is 0 Å². The lowest BCUT2D eigenvalue weighted by Gasteiger charge is -2.07. The van der Waals surface area contributed by atoms with E-state index in [0.29, 0.717) is 21.6 Å². The van der Waals surface area contributed by atoms with Crippen molar-refractivity contribution in [2.75, 3.05) is 16.9 Å². The van der Waals surface area contributed by atoms with Crippen molar-refractivity contribution < 1.29 is 17.6 Å². The summed E-state index contributed by atoms with van der Waals surface area (Å²) in [4.78, 5) is 16.0. The summed E-state index contributed by atoms with van der Waals surface area (Å²) in [5.41, 5.74) is 1.49. The minimum atomic E-state index is -3.37. The van der Waals surface area contributed by atoms with Gasteiger partial charge in [-0.15, -0.1) is 11.3 Å². The number of halogens is 1. The van der Waals surface area contributed by atoms with E-state index in [1.165, 1.54) is 24.3 Å². The molecule has 1 heterocycles. The van der Waals surface area contributed by atoms with Gasteiger partial charge in [-0.3, -0.25) is 0 Å². The van der Waals surface area contributed by atoms with Crippen LogP contribution in [0.25, 0.3) is 10.2 Å². The molecule has 0 spiro atoms. The Bertz CT molecular complexity index is 1010. The predicted molar refractivity (Wildman–Crippen MR) is 91.8 cm³/mol. The van der Waals surface area contributed by atoms with Crippen LogP contribution in [-0.4, -0.2) is 25.7 Å². The number of nitrogens with one attached hydrogen (secondary N) is 2. The Morgan fingerprint density at radius 3 is 2.38 bits per heavy atom. The van der Waals surface area contributed by atoms with Gasteiger partial charge in [0.2, 0.25) is 14.2 Å². The van der Waals surface area contributed by atoms with E-state index in [9.17, 15) is 17.6 Å². The first-order valence-electron chi connectivity index (χ1n) is 6.75. The van der Waals surface area contributed by atoms with Gasteiger partial charge in [0.05, 0.1) is 10.2 Å². The molecule has 0 aliphatic rings. The van der Waals surface area contributed by atoms with Crippen LogP contribution in [0.5, 0.6) is 0 Å². The van der Waals surface area contributed by atoms with Crippen LogP contribution in [-0.2, 0) is 9.84 Å². The summed E-state index contributed by atoms with van der Waals surface area (Å²) in [6, 6.07) is 9.78. The Kier molecular flexibility index (Phi) is 4.20. The fraction of sp³-hybridized carbons (Fsp3) is 0.0667. The predicted octanol–water partition coefficient (Wildman–Crippen LogP) is 3.48. The summed E-state index contributed by atoms with van der Waals surface area (Å²) >= 11 is 1.04. The highest BCUT2D eigenvalue weighted by Gasteiger charge is 2.14.